The van der Waals surface area contributed by atoms with Crippen LogP contribution < -0.4 is 10.6 Å². The number of aliphatic imine (C=N–C) groups is 1. The summed E-state index contributed by atoms with van der Waals surface area (Å²) in [5, 5.41) is 1.79. The van der Waals surface area contributed by atoms with Gasteiger partial charge in [0.2, 0.25) is 0 Å². The van der Waals surface area contributed by atoms with E-state index >= 15 is 0 Å². The number of rotatable bonds is 2. The summed E-state index contributed by atoms with van der Waals surface area (Å²) in [6, 6.07) is 7.33. The van der Waals surface area contributed by atoms with E-state index in [2.05, 4.69) is 28.7 Å². The van der Waals surface area contributed by atoms with Crippen LogP contribution in [0.4, 0.5) is 0 Å². The van der Waals surface area contributed by atoms with Gasteiger partial charge in [0.15, 0.2) is 6.04 Å². The van der Waals surface area contributed by atoms with E-state index in [0.717, 1.165) is 22.8 Å². The quantitative estimate of drug-likeness (QED) is 0.748. The molecule has 1 amide bonds. The Morgan fingerprint density at radius 2 is 2.11 bits per heavy atom. The lowest BCUT2D eigenvalue weighted by Gasteiger charge is -2.22. The Hall–Kier alpha value is -1.97. The average Bonchev–Trinajstić information content (AvgIpc) is 2.73. The number of amides is 1. The first-order valence-electron chi connectivity index (χ1n) is 6.18. The highest BCUT2D eigenvalue weighted by molar-refractivity contribution is 5.98. The lowest BCUT2D eigenvalue weighted by Crippen LogP contribution is -2.42. The molecule has 0 spiro atoms. The minimum atomic E-state index is -0.432. The van der Waals surface area contributed by atoms with Gasteiger partial charge in [0, 0.05) is 11.8 Å². The van der Waals surface area contributed by atoms with Gasteiger partial charge >= 0.3 is 0 Å². The van der Waals surface area contributed by atoms with Crippen LogP contribution in [0.25, 0.3) is 5.70 Å². The molecule has 1 unspecified atom stereocenters. The van der Waals surface area contributed by atoms with Crippen LogP contribution in [0.2, 0.25) is 0 Å². The molecule has 92 valence electrons. The highest BCUT2D eigenvalue weighted by atomic mass is 16.1. The lowest BCUT2D eigenvalue weighted by molar-refractivity contribution is -0.118. The minimum Gasteiger partial charge on any atom is -0.333 e. The summed E-state index contributed by atoms with van der Waals surface area (Å²) in [5.74, 6) is 0.357. The summed E-state index contributed by atoms with van der Waals surface area (Å²) in [6.07, 6.45) is 1.77. The zero-order chi connectivity index (χ0) is 12.7. The molecule has 2 aliphatic rings. The number of nitrogens with zero attached hydrogens (tertiary/aromatic N) is 3. The van der Waals surface area contributed by atoms with Gasteiger partial charge < -0.3 is 4.90 Å². The number of carbonyl (C=O) groups excluding carboxylic acids is 1. The van der Waals surface area contributed by atoms with Crippen molar-refractivity contribution in [1.82, 2.24) is 4.90 Å². The fourth-order valence-corrected chi connectivity index (χ4v) is 2.43. The number of benzene rings is 1. The van der Waals surface area contributed by atoms with Crippen molar-refractivity contribution in [2.24, 2.45) is 15.9 Å². The second kappa shape index (κ2) is 4.05. The molecule has 0 bridgehead atoms. The maximum absolute atomic E-state index is 11.9. The van der Waals surface area contributed by atoms with Crippen molar-refractivity contribution in [1.29, 1.82) is 0 Å². The van der Waals surface area contributed by atoms with Crippen LogP contribution in [0, 0.1) is 5.92 Å². The zero-order valence-corrected chi connectivity index (χ0v) is 10.5. The van der Waals surface area contributed by atoms with Gasteiger partial charge in [0.25, 0.3) is 5.91 Å². The minimum absolute atomic E-state index is 0.161. The molecule has 0 aromatic heterocycles. The van der Waals surface area contributed by atoms with E-state index in [1.165, 1.54) is 0 Å². The molecule has 0 fully saturated rings. The summed E-state index contributed by atoms with van der Waals surface area (Å²) in [5.41, 5.74) is 0.985. The predicted octanol–water partition coefficient (Wildman–Crippen LogP) is 0.323. The Morgan fingerprint density at radius 3 is 2.89 bits per heavy atom. The van der Waals surface area contributed by atoms with Crippen molar-refractivity contribution in [2.45, 2.75) is 19.9 Å². The maximum Gasteiger partial charge on any atom is 0.277 e. The standard InChI is InChI=1S/C14H15N3O/c1-9(2)7-17-8-15-12-13(17)10-5-3-4-6-11(10)16-14(12)18/h3-6,8-9,12H,7H2,1-2H3. The van der Waals surface area contributed by atoms with Crippen molar-refractivity contribution in [2.75, 3.05) is 6.54 Å². The second-order valence-corrected chi connectivity index (χ2v) is 5.07. The van der Waals surface area contributed by atoms with Gasteiger partial charge in [-0.2, -0.15) is 0 Å². The Labute approximate surface area is 105 Å². The van der Waals surface area contributed by atoms with E-state index in [1.807, 2.05) is 24.3 Å². The smallest absolute Gasteiger partial charge is 0.277 e. The lowest BCUT2D eigenvalue weighted by atomic mass is 10.1. The van der Waals surface area contributed by atoms with Crippen molar-refractivity contribution in [3.63, 3.8) is 0 Å². The highest BCUT2D eigenvalue weighted by Gasteiger charge is 2.33. The maximum atomic E-state index is 11.9. The third kappa shape index (κ3) is 1.65. The van der Waals surface area contributed by atoms with Gasteiger partial charge in [0.05, 0.1) is 17.4 Å². The fraction of sp³-hybridized carbons (Fsp3) is 0.357. The van der Waals surface area contributed by atoms with E-state index < -0.39 is 6.04 Å². The van der Waals surface area contributed by atoms with E-state index in [4.69, 9.17) is 0 Å². The van der Waals surface area contributed by atoms with Crippen LogP contribution in [0.1, 0.15) is 13.8 Å². The normalized spacial score (nSPS) is 21.1. The van der Waals surface area contributed by atoms with Crippen molar-refractivity contribution < 1.29 is 4.79 Å². The fourth-order valence-electron chi connectivity index (χ4n) is 2.43. The molecule has 0 radical (unpaired) electrons. The van der Waals surface area contributed by atoms with Crippen LogP contribution in [-0.2, 0) is 4.79 Å². The molecule has 4 nitrogen and oxygen atoms in total. The third-order valence-electron chi connectivity index (χ3n) is 3.13. The molecule has 18 heavy (non-hydrogen) atoms. The molecule has 2 aliphatic heterocycles. The summed E-state index contributed by atoms with van der Waals surface area (Å²) in [6.45, 7) is 5.18. The molecule has 4 heteroatoms. The largest absolute Gasteiger partial charge is 0.333 e. The molecular formula is C14H15N3O. The van der Waals surface area contributed by atoms with Crippen molar-refractivity contribution >= 4 is 17.9 Å². The Kier molecular flexibility index (Phi) is 2.51. The molecule has 1 atom stereocenters. The van der Waals surface area contributed by atoms with Crippen LogP contribution in [0.5, 0.6) is 0 Å². The SMILES string of the molecule is CC(C)CN1C=NC2C(=O)N=c3ccccc3=C21. The molecule has 0 saturated heterocycles. The number of para-hydroxylation sites is 1. The third-order valence-corrected chi connectivity index (χ3v) is 3.13. The van der Waals surface area contributed by atoms with Gasteiger partial charge in [-0.3, -0.25) is 9.79 Å². The molecule has 2 heterocycles. The first-order chi connectivity index (χ1) is 8.66. The van der Waals surface area contributed by atoms with Crippen LogP contribution in [-0.4, -0.2) is 29.7 Å². The monoisotopic (exact) mass is 241 g/mol. The first kappa shape index (κ1) is 11.1. The zero-order valence-electron chi connectivity index (χ0n) is 10.5. The Bertz CT molecular complexity index is 645. The number of carbonyl (C=O) groups is 1. The van der Waals surface area contributed by atoms with Crippen LogP contribution in [0.3, 0.4) is 0 Å². The summed E-state index contributed by atoms with van der Waals surface area (Å²) >= 11 is 0. The Balaban J connectivity index is 2.21. The molecule has 3 rings (SSSR count). The van der Waals surface area contributed by atoms with Gasteiger partial charge in [-0.25, -0.2) is 4.99 Å². The number of fused-ring (bicyclic) bond motifs is 2. The topological polar surface area (TPSA) is 45.0 Å². The predicted molar refractivity (Wildman–Crippen MR) is 69.5 cm³/mol. The van der Waals surface area contributed by atoms with E-state index in [1.54, 1.807) is 6.34 Å². The van der Waals surface area contributed by atoms with Crippen LogP contribution >= 0.6 is 0 Å². The van der Waals surface area contributed by atoms with Gasteiger partial charge in [-0.1, -0.05) is 32.0 Å². The van der Waals surface area contributed by atoms with Crippen molar-refractivity contribution in [3.8, 4) is 0 Å². The first-order valence-corrected chi connectivity index (χ1v) is 6.18. The van der Waals surface area contributed by atoms with Crippen molar-refractivity contribution in [3.05, 3.63) is 34.8 Å². The highest BCUT2D eigenvalue weighted by Crippen LogP contribution is 2.21. The number of hydrogen-bond donors (Lipinski definition) is 0. The van der Waals surface area contributed by atoms with E-state index in [9.17, 15) is 4.79 Å². The molecule has 0 aliphatic carbocycles. The molecule has 1 aromatic rings. The molecular weight excluding hydrogens is 226 g/mol. The van der Waals surface area contributed by atoms with E-state index in [0.29, 0.717) is 5.92 Å². The molecule has 0 N–H and O–H groups in total. The van der Waals surface area contributed by atoms with Crippen LogP contribution in [0.15, 0.2) is 34.3 Å². The Morgan fingerprint density at radius 1 is 1.33 bits per heavy atom. The second-order valence-electron chi connectivity index (χ2n) is 5.07. The molecule has 0 saturated carbocycles. The average molecular weight is 241 g/mol. The summed E-state index contributed by atoms with van der Waals surface area (Å²) < 4.78 is 0. The van der Waals surface area contributed by atoms with E-state index in [-0.39, 0.29) is 5.91 Å². The van der Waals surface area contributed by atoms with Gasteiger partial charge in [0.1, 0.15) is 0 Å². The summed E-state index contributed by atoms with van der Waals surface area (Å²) in [4.78, 5) is 22.4. The molecule has 1 aromatic carbocycles. The summed E-state index contributed by atoms with van der Waals surface area (Å²) in [7, 11) is 0. The van der Waals surface area contributed by atoms with Gasteiger partial charge in [-0.15, -0.1) is 0 Å². The number of hydrogen-bond acceptors (Lipinski definition) is 3. The van der Waals surface area contributed by atoms with Gasteiger partial charge in [-0.05, 0) is 12.0 Å².